The average molecular weight is 356 g/mol. The van der Waals surface area contributed by atoms with Gasteiger partial charge in [-0.15, -0.1) is 0 Å². The number of hydrogen-bond acceptors (Lipinski definition) is 5. The third-order valence-corrected chi connectivity index (χ3v) is 5.22. The highest BCUT2D eigenvalue weighted by molar-refractivity contribution is 5.82. The van der Waals surface area contributed by atoms with E-state index in [9.17, 15) is 15.0 Å². The van der Waals surface area contributed by atoms with Crippen molar-refractivity contribution in [3.8, 4) is 11.5 Å². The standard InChI is InChI=1S/C21H24O5/c1-13-4-5-15(8-14(13)2)9-17-12-26-20(23)21(17,24)11-16-6-7-18(22)19(10-16)25-3/h4-8,10,17,22,24H,9,11-12H2,1-3H3/t17?,21-/m0/s1. The quantitative estimate of drug-likeness (QED) is 0.806. The van der Waals surface area contributed by atoms with E-state index in [0.29, 0.717) is 17.7 Å². The van der Waals surface area contributed by atoms with E-state index in [1.165, 1.54) is 24.3 Å². The van der Waals surface area contributed by atoms with Gasteiger partial charge in [-0.05, 0) is 54.7 Å². The molecule has 1 fully saturated rings. The molecule has 1 aliphatic heterocycles. The van der Waals surface area contributed by atoms with Crippen molar-refractivity contribution >= 4 is 5.97 Å². The highest BCUT2D eigenvalue weighted by Gasteiger charge is 2.51. The molecule has 0 radical (unpaired) electrons. The fourth-order valence-corrected chi connectivity index (χ4v) is 3.41. The van der Waals surface area contributed by atoms with Crippen LogP contribution in [0.15, 0.2) is 36.4 Å². The predicted octanol–water partition coefficient (Wildman–Crippen LogP) is 2.71. The number of carbonyl (C=O) groups excluding carboxylic acids is 1. The molecule has 3 rings (SSSR count). The maximum atomic E-state index is 12.3. The van der Waals surface area contributed by atoms with Crippen molar-refractivity contribution in [2.45, 2.75) is 32.3 Å². The van der Waals surface area contributed by atoms with Crippen molar-refractivity contribution in [2.75, 3.05) is 13.7 Å². The van der Waals surface area contributed by atoms with Crippen LogP contribution in [0.4, 0.5) is 0 Å². The van der Waals surface area contributed by atoms with E-state index in [1.807, 2.05) is 19.1 Å². The second kappa shape index (κ2) is 7.00. The third kappa shape index (κ3) is 3.40. The molecule has 0 aliphatic carbocycles. The van der Waals surface area contributed by atoms with Gasteiger partial charge in [-0.3, -0.25) is 0 Å². The van der Waals surface area contributed by atoms with Crippen molar-refractivity contribution < 1.29 is 24.5 Å². The molecule has 0 bridgehead atoms. The fraction of sp³-hybridized carbons (Fsp3) is 0.381. The maximum Gasteiger partial charge on any atom is 0.338 e. The van der Waals surface area contributed by atoms with Crippen LogP contribution in [-0.4, -0.2) is 35.5 Å². The highest BCUT2D eigenvalue weighted by Crippen LogP contribution is 2.35. The first-order valence-corrected chi connectivity index (χ1v) is 8.65. The summed E-state index contributed by atoms with van der Waals surface area (Å²) in [6.45, 7) is 4.29. The fourth-order valence-electron chi connectivity index (χ4n) is 3.41. The number of carbonyl (C=O) groups is 1. The molecule has 2 aromatic carbocycles. The second-order valence-corrected chi connectivity index (χ2v) is 7.03. The smallest absolute Gasteiger partial charge is 0.338 e. The summed E-state index contributed by atoms with van der Waals surface area (Å²) in [5, 5.41) is 20.8. The van der Waals surface area contributed by atoms with Crippen molar-refractivity contribution in [2.24, 2.45) is 5.92 Å². The Labute approximate surface area is 153 Å². The van der Waals surface area contributed by atoms with Gasteiger partial charge in [-0.25, -0.2) is 4.79 Å². The lowest BCUT2D eigenvalue weighted by Gasteiger charge is -2.26. The van der Waals surface area contributed by atoms with E-state index < -0.39 is 11.6 Å². The Bertz CT molecular complexity index is 829. The van der Waals surface area contributed by atoms with Gasteiger partial charge in [-0.1, -0.05) is 24.3 Å². The zero-order valence-electron chi connectivity index (χ0n) is 15.3. The Morgan fingerprint density at radius 1 is 1.15 bits per heavy atom. The Hall–Kier alpha value is -2.53. The summed E-state index contributed by atoms with van der Waals surface area (Å²) in [5.74, 6) is -0.609. The van der Waals surface area contributed by atoms with Crippen LogP contribution < -0.4 is 4.74 Å². The van der Waals surface area contributed by atoms with Crippen LogP contribution in [-0.2, 0) is 22.4 Å². The Morgan fingerprint density at radius 2 is 1.88 bits per heavy atom. The third-order valence-electron chi connectivity index (χ3n) is 5.22. The summed E-state index contributed by atoms with van der Waals surface area (Å²) < 4.78 is 10.3. The Balaban J connectivity index is 1.84. The Kier molecular flexibility index (Phi) is 4.92. The first-order valence-electron chi connectivity index (χ1n) is 8.65. The molecule has 0 saturated carbocycles. The largest absolute Gasteiger partial charge is 0.504 e. The highest BCUT2D eigenvalue weighted by atomic mass is 16.6. The minimum Gasteiger partial charge on any atom is -0.504 e. The van der Waals surface area contributed by atoms with Gasteiger partial charge in [0, 0.05) is 12.3 Å². The molecule has 5 heteroatoms. The molecule has 2 aromatic rings. The van der Waals surface area contributed by atoms with E-state index >= 15 is 0 Å². The van der Waals surface area contributed by atoms with Gasteiger partial charge in [0.1, 0.15) is 0 Å². The van der Waals surface area contributed by atoms with Crippen LogP contribution >= 0.6 is 0 Å². The van der Waals surface area contributed by atoms with Crippen molar-refractivity contribution in [1.29, 1.82) is 0 Å². The Morgan fingerprint density at radius 3 is 2.58 bits per heavy atom. The summed E-state index contributed by atoms with van der Waals surface area (Å²) in [6, 6.07) is 11.0. The first kappa shape index (κ1) is 18.3. The number of methoxy groups -OCH3 is 1. The van der Waals surface area contributed by atoms with Crippen LogP contribution in [0.5, 0.6) is 11.5 Å². The number of ether oxygens (including phenoxy) is 2. The topological polar surface area (TPSA) is 76.0 Å². The molecule has 26 heavy (non-hydrogen) atoms. The summed E-state index contributed by atoms with van der Waals surface area (Å²) in [5.41, 5.74) is 2.56. The van der Waals surface area contributed by atoms with Gasteiger partial charge >= 0.3 is 5.97 Å². The van der Waals surface area contributed by atoms with Crippen LogP contribution in [0, 0.1) is 19.8 Å². The number of cyclic esters (lactones) is 1. The predicted molar refractivity (Wildman–Crippen MR) is 97.4 cm³/mol. The van der Waals surface area contributed by atoms with Gasteiger partial charge in [-0.2, -0.15) is 0 Å². The van der Waals surface area contributed by atoms with Crippen LogP contribution in [0.3, 0.4) is 0 Å². The molecule has 0 spiro atoms. The normalized spacial score (nSPS) is 22.3. The zero-order chi connectivity index (χ0) is 18.9. The molecule has 1 unspecified atom stereocenters. The molecule has 0 amide bonds. The minimum atomic E-state index is -1.60. The second-order valence-electron chi connectivity index (χ2n) is 7.03. The van der Waals surface area contributed by atoms with Crippen molar-refractivity contribution in [3.05, 3.63) is 58.7 Å². The lowest BCUT2D eigenvalue weighted by molar-refractivity contribution is -0.154. The van der Waals surface area contributed by atoms with Crippen LogP contribution in [0.25, 0.3) is 0 Å². The number of esters is 1. The first-order chi connectivity index (χ1) is 12.3. The average Bonchev–Trinajstić information content (AvgIpc) is 2.88. The molecule has 5 nitrogen and oxygen atoms in total. The molecule has 2 atom stereocenters. The number of aryl methyl sites for hydroxylation is 2. The van der Waals surface area contributed by atoms with E-state index in [1.54, 1.807) is 12.1 Å². The minimum absolute atomic E-state index is 0.0175. The van der Waals surface area contributed by atoms with Gasteiger partial charge in [0.25, 0.3) is 0 Å². The number of aromatic hydroxyl groups is 1. The lowest BCUT2D eigenvalue weighted by Crippen LogP contribution is -2.44. The number of aliphatic hydroxyl groups is 1. The SMILES string of the molecule is COc1cc(C[C@@]2(O)C(=O)OCC2Cc2ccc(C)c(C)c2)ccc1O. The number of hydrogen-bond donors (Lipinski definition) is 2. The molecule has 138 valence electrons. The monoisotopic (exact) mass is 356 g/mol. The van der Waals surface area contributed by atoms with Gasteiger partial charge in [0.2, 0.25) is 0 Å². The number of phenols is 1. The molecular formula is C21H24O5. The number of benzene rings is 2. The molecule has 0 aromatic heterocycles. The zero-order valence-corrected chi connectivity index (χ0v) is 15.3. The molecule has 2 N–H and O–H groups in total. The van der Waals surface area contributed by atoms with Crippen molar-refractivity contribution in [1.82, 2.24) is 0 Å². The maximum absolute atomic E-state index is 12.3. The summed E-state index contributed by atoms with van der Waals surface area (Å²) in [4.78, 5) is 12.3. The van der Waals surface area contributed by atoms with E-state index in [2.05, 4.69) is 13.0 Å². The summed E-state index contributed by atoms with van der Waals surface area (Å²) >= 11 is 0. The molecule has 1 saturated heterocycles. The van der Waals surface area contributed by atoms with Crippen LogP contribution in [0.2, 0.25) is 0 Å². The van der Waals surface area contributed by atoms with Crippen LogP contribution in [0.1, 0.15) is 22.3 Å². The lowest BCUT2D eigenvalue weighted by atomic mass is 9.80. The number of phenolic OH excluding ortho intramolecular Hbond substituents is 1. The molecule has 1 aliphatic rings. The van der Waals surface area contributed by atoms with E-state index in [0.717, 1.165) is 5.56 Å². The summed E-state index contributed by atoms with van der Waals surface area (Å²) in [7, 11) is 1.46. The summed E-state index contributed by atoms with van der Waals surface area (Å²) in [6.07, 6.45) is 0.663. The van der Waals surface area contributed by atoms with Gasteiger partial charge in [0.15, 0.2) is 17.1 Å². The van der Waals surface area contributed by atoms with Crippen molar-refractivity contribution in [3.63, 3.8) is 0 Å². The van der Waals surface area contributed by atoms with E-state index in [4.69, 9.17) is 9.47 Å². The molecular weight excluding hydrogens is 332 g/mol. The number of rotatable bonds is 5. The molecule has 1 heterocycles. The van der Waals surface area contributed by atoms with E-state index in [-0.39, 0.29) is 24.7 Å². The van der Waals surface area contributed by atoms with Gasteiger partial charge < -0.3 is 19.7 Å². The van der Waals surface area contributed by atoms with Gasteiger partial charge in [0.05, 0.1) is 13.7 Å².